The highest BCUT2D eigenvalue weighted by Crippen LogP contribution is 2.18. The second-order valence-electron chi connectivity index (χ2n) is 6.83. The van der Waals surface area contributed by atoms with E-state index in [4.69, 9.17) is 4.99 Å². The van der Waals surface area contributed by atoms with Crippen LogP contribution in [0.2, 0.25) is 0 Å². The number of hydrogen-bond donors (Lipinski definition) is 3. The van der Waals surface area contributed by atoms with E-state index in [9.17, 15) is 5.11 Å². The first-order valence-corrected chi connectivity index (χ1v) is 9.66. The van der Waals surface area contributed by atoms with Crippen molar-refractivity contribution >= 4 is 35.6 Å². The number of rotatable bonds is 7. The summed E-state index contributed by atoms with van der Waals surface area (Å²) in [6, 6.07) is 9.05. The Hall–Kier alpha value is -1.02. The number of nitrogens with zero attached hydrogens (tertiary/aromatic N) is 2. The minimum absolute atomic E-state index is 0. The van der Waals surface area contributed by atoms with Crippen LogP contribution in [-0.2, 0) is 0 Å². The maximum atomic E-state index is 9.64. The number of likely N-dealkylation sites (N-methyl/N-ethyl adjacent to an activating group) is 1. The van der Waals surface area contributed by atoms with Gasteiger partial charge in [0.1, 0.15) is 0 Å². The molecule has 0 radical (unpaired) electrons. The van der Waals surface area contributed by atoms with Crippen molar-refractivity contribution in [2.24, 2.45) is 4.99 Å². The van der Waals surface area contributed by atoms with Crippen LogP contribution in [0.1, 0.15) is 45.1 Å². The first kappa shape index (κ1) is 23.0. The van der Waals surface area contributed by atoms with Crippen molar-refractivity contribution in [1.29, 1.82) is 0 Å². The van der Waals surface area contributed by atoms with E-state index in [0.29, 0.717) is 6.04 Å². The van der Waals surface area contributed by atoms with E-state index in [0.717, 1.165) is 57.8 Å². The lowest BCUT2D eigenvalue weighted by molar-refractivity contribution is 0.120. The summed E-state index contributed by atoms with van der Waals surface area (Å²) in [4.78, 5) is 7.11. The van der Waals surface area contributed by atoms with E-state index in [1.165, 1.54) is 11.3 Å². The number of benzene rings is 1. The van der Waals surface area contributed by atoms with E-state index in [1.54, 1.807) is 0 Å². The third-order valence-corrected chi connectivity index (χ3v) is 4.77. The van der Waals surface area contributed by atoms with E-state index < -0.39 is 0 Å². The molecule has 1 aliphatic rings. The summed E-state index contributed by atoms with van der Waals surface area (Å²) in [5, 5.41) is 16.5. The fourth-order valence-electron chi connectivity index (χ4n) is 3.31. The predicted octanol–water partition coefficient (Wildman–Crippen LogP) is 3.30. The summed E-state index contributed by atoms with van der Waals surface area (Å²) in [6.45, 7) is 9.89. The van der Waals surface area contributed by atoms with Crippen molar-refractivity contribution in [2.75, 3.05) is 31.1 Å². The zero-order chi connectivity index (χ0) is 18.1. The normalized spacial score (nSPS) is 20.2. The average Bonchev–Trinajstić information content (AvgIpc) is 2.61. The molecule has 0 unspecified atom stereocenters. The van der Waals surface area contributed by atoms with Gasteiger partial charge in [-0.25, -0.2) is 0 Å². The largest absolute Gasteiger partial charge is 0.393 e. The average molecular weight is 474 g/mol. The van der Waals surface area contributed by atoms with Crippen LogP contribution in [0.15, 0.2) is 29.3 Å². The molecule has 1 fully saturated rings. The second-order valence-corrected chi connectivity index (χ2v) is 6.83. The molecule has 0 spiro atoms. The summed E-state index contributed by atoms with van der Waals surface area (Å²) >= 11 is 0. The quantitative estimate of drug-likeness (QED) is 0.323. The molecular formula is C20H35IN4O. The van der Waals surface area contributed by atoms with Gasteiger partial charge in [0.2, 0.25) is 0 Å². The Labute approximate surface area is 175 Å². The molecule has 1 aromatic rings. The Bertz CT molecular complexity index is 544. The molecule has 0 atom stereocenters. The maximum Gasteiger partial charge on any atom is 0.191 e. The second kappa shape index (κ2) is 12.4. The van der Waals surface area contributed by atoms with Crippen LogP contribution in [0, 0.1) is 6.92 Å². The van der Waals surface area contributed by atoms with E-state index >= 15 is 0 Å². The Morgan fingerprint density at radius 1 is 1.23 bits per heavy atom. The van der Waals surface area contributed by atoms with Gasteiger partial charge in [-0.1, -0.05) is 12.1 Å². The first-order chi connectivity index (χ1) is 12.1. The van der Waals surface area contributed by atoms with Crippen LogP contribution < -0.4 is 15.5 Å². The number of aliphatic hydroxyl groups excluding tert-OH is 1. The van der Waals surface area contributed by atoms with Gasteiger partial charge in [-0.3, -0.25) is 4.99 Å². The topological polar surface area (TPSA) is 59.9 Å². The first-order valence-electron chi connectivity index (χ1n) is 9.66. The summed E-state index contributed by atoms with van der Waals surface area (Å²) < 4.78 is 0. The summed E-state index contributed by atoms with van der Waals surface area (Å²) in [7, 11) is 0. The number of aryl methyl sites for hydroxylation is 1. The van der Waals surface area contributed by atoms with E-state index in [-0.39, 0.29) is 30.1 Å². The third-order valence-electron chi connectivity index (χ3n) is 4.77. The van der Waals surface area contributed by atoms with Gasteiger partial charge in [0.15, 0.2) is 5.96 Å². The van der Waals surface area contributed by atoms with E-state index in [2.05, 4.69) is 60.6 Å². The fraction of sp³-hybridized carbons (Fsp3) is 0.650. The lowest BCUT2D eigenvalue weighted by Gasteiger charge is -2.28. The Kier molecular flexibility index (Phi) is 11.0. The van der Waals surface area contributed by atoms with Gasteiger partial charge in [0.25, 0.3) is 0 Å². The molecule has 0 heterocycles. The van der Waals surface area contributed by atoms with Gasteiger partial charge in [-0.05, 0) is 64.2 Å². The van der Waals surface area contributed by atoms with Crippen LogP contribution in [0.4, 0.5) is 5.69 Å². The van der Waals surface area contributed by atoms with Gasteiger partial charge in [0.05, 0.1) is 12.6 Å². The molecule has 0 bridgehead atoms. The van der Waals surface area contributed by atoms with Crippen LogP contribution in [0.3, 0.4) is 0 Å². The van der Waals surface area contributed by atoms with E-state index in [1.807, 2.05) is 0 Å². The van der Waals surface area contributed by atoms with Crippen LogP contribution in [0.5, 0.6) is 0 Å². The van der Waals surface area contributed by atoms with Crippen molar-refractivity contribution in [2.45, 2.75) is 58.6 Å². The van der Waals surface area contributed by atoms with Crippen molar-refractivity contribution < 1.29 is 5.11 Å². The number of aliphatic imine (C=N–C) groups is 1. The van der Waals surface area contributed by atoms with Crippen LogP contribution in [-0.4, -0.2) is 49.4 Å². The zero-order valence-electron chi connectivity index (χ0n) is 16.4. The molecule has 6 heteroatoms. The molecule has 1 saturated carbocycles. The predicted molar refractivity (Wildman–Crippen MR) is 122 cm³/mol. The molecule has 3 N–H and O–H groups in total. The molecule has 1 aromatic carbocycles. The standard InChI is InChI=1S/C20H34N4O.HI/c1-4-21-20(23-17-9-11-19(25)12-10-17)22-13-14-24(5-2)18-8-6-7-16(3)15-18;/h6-8,15,17,19,25H,4-5,9-14H2,1-3H3,(H2,21,22,23);1H. The zero-order valence-corrected chi connectivity index (χ0v) is 18.7. The highest BCUT2D eigenvalue weighted by atomic mass is 127. The summed E-state index contributed by atoms with van der Waals surface area (Å²) in [5.74, 6) is 0.893. The van der Waals surface area contributed by atoms with Gasteiger partial charge >= 0.3 is 0 Å². The summed E-state index contributed by atoms with van der Waals surface area (Å²) in [5.41, 5.74) is 2.55. The molecule has 26 heavy (non-hydrogen) atoms. The molecule has 0 amide bonds. The molecule has 0 saturated heterocycles. The third kappa shape index (κ3) is 7.70. The number of halogens is 1. The Balaban J connectivity index is 0.00000338. The molecule has 0 aliphatic heterocycles. The summed E-state index contributed by atoms with van der Waals surface area (Å²) in [6.07, 6.45) is 3.67. The fourth-order valence-corrected chi connectivity index (χ4v) is 3.31. The molecule has 148 valence electrons. The van der Waals surface area contributed by atoms with Crippen molar-refractivity contribution in [3.05, 3.63) is 29.8 Å². The number of anilines is 1. The van der Waals surface area contributed by atoms with Crippen molar-refractivity contribution in [1.82, 2.24) is 10.6 Å². The molecule has 2 rings (SSSR count). The van der Waals surface area contributed by atoms with Crippen molar-refractivity contribution in [3.8, 4) is 0 Å². The molecular weight excluding hydrogens is 439 g/mol. The SMILES string of the molecule is CCNC(=NCCN(CC)c1cccc(C)c1)NC1CCC(O)CC1.I. The Morgan fingerprint density at radius 2 is 1.96 bits per heavy atom. The monoisotopic (exact) mass is 474 g/mol. The molecule has 5 nitrogen and oxygen atoms in total. The lowest BCUT2D eigenvalue weighted by atomic mass is 9.93. The van der Waals surface area contributed by atoms with Crippen LogP contribution >= 0.6 is 24.0 Å². The number of nitrogens with one attached hydrogen (secondary N) is 2. The van der Waals surface area contributed by atoms with Gasteiger partial charge in [-0.2, -0.15) is 0 Å². The van der Waals surface area contributed by atoms with Crippen LogP contribution in [0.25, 0.3) is 0 Å². The highest BCUT2D eigenvalue weighted by Gasteiger charge is 2.19. The van der Waals surface area contributed by atoms with Gasteiger partial charge in [0, 0.05) is 31.4 Å². The number of aliphatic hydroxyl groups is 1. The number of hydrogen-bond acceptors (Lipinski definition) is 3. The highest BCUT2D eigenvalue weighted by molar-refractivity contribution is 14.0. The number of guanidine groups is 1. The Morgan fingerprint density at radius 3 is 2.58 bits per heavy atom. The molecule has 1 aliphatic carbocycles. The van der Waals surface area contributed by atoms with Gasteiger partial charge in [-0.15, -0.1) is 24.0 Å². The minimum Gasteiger partial charge on any atom is -0.393 e. The smallest absolute Gasteiger partial charge is 0.191 e. The lowest BCUT2D eigenvalue weighted by Crippen LogP contribution is -2.45. The molecule has 0 aromatic heterocycles. The van der Waals surface area contributed by atoms with Crippen molar-refractivity contribution in [3.63, 3.8) is 0 Å². The maximum absolute atomic E-state index is 9.64. The van der Waals surface area contributed by atoms with Gasteiger partial charge < -0.3 is 20.6 Å². The minimum atomic E-state index is -0.120.